The zero-order chi connectivity index (χ0) is 30.3. The number of hydrogen-bond acceptors (Lipinski definition) is 7. The van der Waals surface area contributed by atoms with Crippen LogP contribution in [0.4, 0.5) is 4.79 Å². The van der Waals surface area contributed by atoms with E-state index in [1.165, 1.54) is 4.90 Å². The minimum Gasteiger partial charge on any atom is -0.378 e. The van der Waals surface area contributed by atoms with Crippen molar-refractivity contribution < 1.29 is 33.5 Å². The number of primary amides is 1. The molecule has 1 unspecified atom stereocenters. The number of ether oxygens (including phenoxy) is 1. The third-order valence-electron chi connectivity index (χ3n) is 9.05. The van der Waals surface area contributed by atoms with E-state index in [4.69, 9.17) is 10.5 Å². The van der Waals surface area contributed by atoms with E-state index < -0.39 is 53.1 Å². The smallest absolute Gasteiger partial charge is 0.315 e. The van der Waals surface area contributed by atoms with Gasteiger partial charge in [0.05, 0.1) is 25.8 Å². The number of Topliss-reactive ketones (excluding diaryl/α,β-unsaturated/α-hetero) is 1. The number of amides is 6. The van der Waals surface area contributed by atoms with Gasteiger partial charge in [0.1, 0.15) is 12.1 Å². The van der Waals surface area contributed by atoms with Crippen molar-refractivity contribution in [2.45, 2.75) is 72.0 Å². The Balaban J connectivity index is 1.45. The Hall–Kier alpha value is -3.22. The van der Waals surface area contributed by atoms with Crippen LogP contribution in [0.2, 0.25) is 0 Å². The van der Waals surface area contributed by atoms with Crippen LogP contribution in [-0.4, -0.2) is 103 Å². The van der Waals surface area contributed by atoms with Gasteiger partial charge in [-0.3, -0.25) is 24.0 Å². The lowest BCUT2D eigenvalue weighted by Crippen LogP contribution is -2.61. The molecule has 228 valence electrons. The number of likely N-dealkylation sites (tertiary alicyclic amines) is 1. The Kier molecular flexibility index (Phi) is 8.68. The lowest BCUT2D eigenvalue weighted by atomic mass is 9.85. The van der Waals surface area contributed by atoms with Crippen LogP contribution in [0.5, 0.6) is 0 Å². The molecule has 0 aromatic rings. The third-order valence-corrected chi connectivity index (χ3v) is 9.05. The van der Waals surface area contributed by atoms with Gasteiger partial charge in [0.2, 0.25) is 23.5 Å². The number of carbonyl (C=O) groups is 6. The maximum atomic E-state index is 14.0. The van der Waals surface area contributed by atoms with Crippen LogP contribution in [0.25, 0.3) is 0 Å². The molecule has 4 fully saturated rings. The predicted octanol–water partition coefficient (Wildman–Crippen LogP) is -0.619. The minimum absolute atomic E-state index is 0.0801. The Labute approximate surface area is 240 Å². The number of piperidine rings is 1. The second-order valence-electron chi connectivity index (χ2n) is 13.5. The normalized spacial score (nSPS) is 26.3. The number of morpholine rings is 1. The van der Waals surface area contributed by atoms with Gasteiger partial charge in [-0.2, -0.15) is 0 Å². The van der Waals surface area contributed by atoms with Crippen molar-refractivity contribution in [3.8, 4) is 0 Å². The van der Waals surface area contributed by atoms with Gasteiger partial charge in [-0.15, -0.1) is 0 Å². The van der Waals surface area contributed by atoms with E-state index in [-0.39, 0.29) is 35.6 Å². The average Bonchev–Trinajstić information content (AvgIpc) is 3.76. The molecular formula is C28H44N6O7. The number of ketones is 1. The first-order valence-corrected chi connectivity index (χ1v) is 14.5. The summed E-state index contributed by atoms with van der Waals surface area (Å²) in [6.45, 7) is 11.4. The van der Waals surface area contributed by atoms with Crippen LogP contribution in [-0.2, 0) is 28.7 Å². The summed E-state index contributed by atoms with van der Waals surface area (Å²) in [5.74, 6) is -2.90. The van der Waals surface area contributed by atoms with Gasteiger partial charge in [-0.1, -0.05) is 47.5 Å². The molecular weight excluding hydrogens is 532 g/mol. The number of rotatable bonds is 10. The largest absolute Gasteiger partial charge is 0.378 e. The molecule has 4 aliphatic rings. The summed E-state index contributed by atoms with van der Waals surface area (Å²) < 4.78 is 5.25. The summed E-state index contributed by atoms with van der Waals surface area (Å²) in [6.07, 6.45) is 2.17. The van der Waals surface area contributed by atoms with Crippen LogP contribution < -0.4 is 21.7 Å². The molecule has 41 heavy (non-hydrogen) atoms. The fraction of sp³-hybridized carbons (Fsp3) is 0.786. The van der Waals surface area contributed by atoms with Crippen molar-refractivity contribution in [3.05, 3.63) is 0 Å². The maximum Gasteiger partial charge on any atom is 0.315 e. The molecule has 0 spiro atoms. The minimum atomic E-state index is -1.10. The maximum absolute atomic E-state index is 14.0. The third kappa shape index (κ3) is 6.82. The molecule has 2 heterocycles. The molecule has 0 radical (unpaired) electrons. The van der Waals surface area contributed by atoms with Crippen LogP contribution in [0, 0.1) is 28.6 Å². The van der Waals surface area contributed by atoms with Crippen molar-refractivity contribution in [2.75, 3.05) is 39.4 Å². The number of hydrogen-bond donors (Lipinski definition) is 4. The molecule has 2 saturated heterocycles. The van der Waals surface area contributed by atoms with E-state index in [1.54, 1.807) is 4.90 Å². The number of carbonyl (C=O) groups excluding carboxylic acids is 6. The molecule has 2 saturated carbocycles. The molecule has 0 aromatic heterocycles. The lowest BCUT2D eigenvalue weighted by molar-refractivity contribution is -0.145. The first-order valence-electron chi connectivity index (χ1n) is 14.5. The zero-order valence-corrected chi connectivity index (χ0v) is 24.7. The SMILES string of the molecule is CC(C)(C)[C@H](NC(=O)NCC(=O)N1CCOCC1)C(=O)N1C[C@H]2[C@@H]([C@H]1C(=O)NC(CC1CC1)C(=O)C(N)=O)C2(C)C. The van der Waals surface area contributed by atoms with Crippen molar-refractivity contribution in [2.24, 2.45) is 34.3 Å². The molecule has 5 atom stereocenters. The van der Waals surface area contributed by atoms with E-state index in [0.717, 1.165) is 12.8 Å². The highest BCUT2D eigenvalue weighted by atomic mass is 16.5. The second-order valence-corrected chi connectivity index (χ2v) is 13.5. The lowest BCUT2D eigenvalue weighted by Gasteiger charge is -2.38. The summed E-state index contributed by atoms with van der Waals surface area (Å²) in [6, 6.07) is -3.55. The summed E-state index contributed by atoms with van der Waals surface area (Å²) >= 11 is 0. The molecule has 13 heteroatoms. The molecule has 13 nitrogen and oxygen atoms in total. The highest BCUT2D eigenvalue weighted by molar-refractivity contribution is 6.37. The van der Waals surface area contributed by atoms with E-state index in [0.29, 0.717) is 39.3 Å². The molecule has 5 N–H and O–H groups in total. The van der Waals surface area contributed by atoms with Gasteiger partial charge in [0.25, 0.3) is 5.91 Å². The Bertz CT molecular complexity index is 1090. The molecule has 4 rings (SSSR count). The van der Waals surface area contributed by atoms with Crippen molar-refractivity contribution in [3.63, 3.8) is 0 Å². The quantitative estimate of drug-likeness (QED) is 0.250. The highest BCUT2D eigenvalue weighted by Gasteiger charge is 2.70. The molecule has 2 aliphatic carbocycles. The zero-order valence-electron chi connectivity index (χ0n) is 24.7. The molecule has 0 bridgehead atoms. The monoisotopic (exact) mass is 576 g/mol. The molecule has 0 aromatic carbocycles. The van der Waals surface area contributed by atoms with Gasteiger partial charge < -0.3 is 36.2 Å². The summed E-state index contributed by atoms with van der Waals surface area (Å²) in [5.41, 5.74) is 4.36. The number of urea groups is 1. The van der Waals surface area contributed by atoms with Crippen LogP contribution in [0.1, 0.15) is 53.9 Å². The second kappa shape index (κ2) is 11.6. The van der Waals surface area contributed by atoms with E-state index in [1.807, 2.05) is 34.6 Å². The molecule has 6 amide bonds. The van der Waals surface area contributed by atoms with E-state index in [9.17, 15) is 28.8 Å². The van der Waals surface area contributed by atoms with Crippen LogP contribution in [0.15, 0.2) is 0 Å². The van der Waals surface area contributed by atoms with Crippen molar-refractivity contribution in [1.29, 1.82) is 0 Å². The molecule has 2 aliphatic heterocycles. The van der Waals surface area contributed by atoms with Gasteiger partial charge >= 0.3 is 6.03 Å². The van der Waals surface area contributed by atoms with Gasteiger partial charge in [0, 0.05) is 19.6 Å². The fourth-order valence-corrected chi connectivity index (χ4v) is 6.24. The van der Waals surface area contributed by atoms with Gasteiger partial charge in [0.15, 0.2) is 0 Å². The van der Waals surface area contributed by atoms with Crippen molar-refractivity contribution >= 4 is 35.4 Å². The van der Waals surface area contributed by atoms with Gasteiger partial charge in [-0.25, -0.2) is 4.79 Å². The first kappa shape index (κ1) is 30.7. The van der Waals surface area contributed by atoms with Crippen LogP contribution in [0.3, 0.4) is 0 Å². The highest BCUT2D eigenvalue weighted by Crippen LogP contribution is 2.65. The Morgan fingerprint density at radius 3 is 2.22 bits per heavy atom. The van der Waals surface area contributed by atoms with Crippen LogP contribution >= 0.6 is 0 Å². The van der Waals surface area contributed by atoms with E-state index >= 15 is 0 Å². The predicted molar refractivity (Wildman–Crippen MR) is 147 cm³/mol. The topological polar surface area (TPSA) is 180 Å². The van der Waals surface area contributed by atoms with Crippen molar-refractivity contribution in [1.82, 2.24) is 25.8 Å². The van der Waals surface area contributed by atoms with E-state index in [2.05, 4.69) is 16.0 Å². The summed E-state index contributed by atoms with van der Waals surface area (Å²) in [4.78, 5) is 80.2. The first-order chi connectivity index (χ1) is 19.1. The number of nitrogens with one attached hydrogen (secondary N) is 3. The summed E-state index contributed by atoms with van der Waals surface area (Å²) in [7, 11) is 0. The Morgan fingerprint density at radius 1 is 1.02 bits per heavy atom. The number of fused-ring (bicyclic) bond motifs is 1. The Morgan fingerprint density at radius 2 is 1.66 bits per heavy atom. The number of nitrogens with two attached hydrogens (primary N) is 1. The van der Waals surface area contributed by atoms with Gasteiger partial charge in [-0.05, 0) is 35.0 Å². The average molecular weight is 577 g/mol. The summed E-state index contributed by atoms with van der Waals surface area (Å²) in [5, 5.41) is 8.02. The number of nitrogens with zero attached hydrogens (tertiary/aromatic N) is 2. The fourth-order valence-electron chi connectivity index (χ4n) is 6.24. The standard InChI is InChI=1S/C28H44N6O7/c1-27(2,3)22(32-26(40)30-13-18(35)33-8-10-41-11-9-33)25(39)34-14-16-19(28(16,4)5)20(34)24(38)31-17(12-15-6-7-15)21(36)23(29)37/h15-17,19-20,22H,6-14H2,1-5H3,(H2,29,37)(H,31,38)(H2,30,32,40)/t16-,17?,19-,20-,22+/m0/s1.